The maximum Gasteiger partial charge on any atom is 0.240 e. The van der Waals surface area contributed by atoms with Crippen LogP contribution in [0.4, 0.5) is 0 Å². The molecule has 0 spiro atoms. The molecule has 1 fully saturated rings. The third-order valence-electron chi connectivity index (χ3n) is 3.52. The van der Waals surface area contributed by atoms with E-state index in [4.69, 9.17) is 5.73 Å². The quantitative estimate of drug-likeness (QED) is 0.884. The van der Waals surface area contributed by atoms with E-state index in [1.54, 1.807) is 16.2 Å². The zero-order valence-corrected chi connectivity index (χ0v) is 13.1. The zero-order chi connectivity index (χ0) is 14.8. The van der Waals surface area contributed by atoms with Gasteiger partial charge in [-0.25, -0.2) is 8.42 Å². The van der Waals surface area contributed by atoms with Crippen LogP contribution < -0.4 is 5.73 Å². The molecule has 0 bridgehead atoms. The molecule has 1 aromatic rings. The predicted octanol–water partition coefficient (Wildman–Crippen LogP) is 1.17. The zero-order valence-electron chi connectivity index (χ0n) is 11.5. The first-order chi connectivity index (χ1) is 9.38. The van der Waals surface area contributed by atoms with Crippen molar-refractivity contribution >= 4 is 27.1 Å². The van der Waals surface area contributed by atoms with Gasteiger partial charge < -0.3 is 10.6 Å². The van der Waals surface area contributed by atoms with Crippen LogP contribution in [0.25, 0.3) is 0 Å². The molecule has 2 atom stereocenters. The number of amides is 1. The van der Waals surface area contributed by atoms with Crippen molar-refractivity contribution in [2.45, 2.75) is 31.3 Å². The van der Waals surface area contributed by atoms with Gasteiger partial charge in [0.25, 0.3) is 0 Å². The summed E-state index contributed by atoms with van der Waals surface area (Å²) in [6.45, 7) is 0.702. The van der Waals surface area contributed by atoms with Crippen molar-refractivity contribution < 1.29 is 13.2 Å². The van der Waals surface area contributed by atoms with Crippen molar-refractivity contribution in [1.82, 2.24) is 4.90 Å². The molecule has 1 aliphatic rings. The summed E-state index contributed by atoms with van der Waals surface area (Å²) < 4.78 is 22.3. The third-order valence-corrected chi connectivity index (χ3v) is 5.48. The molecule has 1 aromatic heterocycles. The lowest BCUT2D eigenvalue weighted by Crippen LogP contribution is -2.44. The van der Waals surface area contributed by atoms with Gasteiger partial charge in [-0.3, -0.25) is 4.79 Å². The van der Waals surface area contributed by atoms with E-state index in [1.165, 1.54) is 4.88 Å². The number of nitrogens with two attached hydrogens (primary N) is 1. The molecule has 2 rings (SSSR count). The van der Waals surface area contributed by atoms with Crippen molar-refractivity contribution in [3.8, 4) is 0 Å². The topological polar surface area (TPSA) is 80.5 Å². The maximum absolute atomic E-state index is 12.4. The van der Waals surface area contributed by atoms with E-state index in [0.29, 0.717) is 6.54 Å². The summed E-state index contributed by atoms with van der Waals surface area (Å²) in [5.74, 6) is -0.179. The Hall–Kier alpha value is -0.920. The van der Waals surface area contributed by atoms with E-state index < -0.39 is 15.9 Å². The summed E-state index contributed by atoms with van der Waals surface area (Å²) in [6, 6.07) is 3.38. The number of hydrogen-bond acceptors (Lipinski definition) is 5. The first-order valence-corrected chi connectivity index (χ1v) is 9.59. The molecule has 2 unspecified atom stereocenters. The Labute approximate surface area is 123 Å². The summed E-state index contributed by atoms with van der Waals surface area (Å²) in [5, 5.41) is 2.00. The maximum atomic E-state index is 12.4. The molecular formula is C13H20N2O3S2. The number of carbonyl (C=O) groups excluding carboxylic acids is 1. The van der Waals surface area contributed by atoms with Crippen LogP contribution in [-0.2, 0) is 14.6 Å². The van der Waals surface area contributed by atoms with Gasteiger partial charge in [-0.2, -0.15) is 0 Å². The Bertz CT molecular complexity index is 554. The SMILES string of the molecule is CS(=O)(=O)CCC(N)C(=O)N1CCCC1c1cccs1. The molecule has 0 aliphatic carbocycles. The van der Waals surface area contributed by atoms with Crippen LogP contribution >= 0.6 is 11.3 Å². The summed E-state index contributed by atoms with van der Waals surface area (Å²) >= 11 is 1.64. The molecule has 5 nitrogen and oxygen atoms in total. The second kappa shape index (κ2) is 6.24. The van der Waals surface area contributed by atoms with E-state index in [-0.39, 0.29) is 24.1 Å². The van der Waals surface area contributed by atoms with Gasteiger partial charge in [0.2, 0.25) is 5.91 Å². The summed E-state index contributed by atoms with van der Waals surface area (Å²) in [5.41, 5.74) is 5.87. The third kappa shape index (κ3) is 3.80. The van der Waals surface area contributed by atoms with E-state index >= 15 is 0 Å². The molecule has 1 saturated heterocycles. The Morgan fingerprint density at radius 2 is 2.35 bits per heavy atom. The van der Waals surface area contributed by atoms with Crippen LogP contribution in [0.5, 0.6) is 0 Å². The van der Waals surface area contributed by atoms with Gasteiger partial charge in [0.15, 0.2) is 0 Å². The van der Waals surface area contributed by atoms with Gasteiger partial charge in [-0.05, 0) is 30.7 Å². The van der Waals surface area contributed by atoms with Crippen LogP contribution in [0.2, 0.25) is 0 Å². The van der Waals surface area contributed by atoms with Gasteiger partial charge >= 0.3 is 0 Å². The largest absolute Gasteiger partial charge is 0.333 e. The van der Waals surface area contributed by atoms with E-state index in [9.17, 15) is 13.2 Å². The fourth-order valence-corrected chi connectivity index (χ4v) is 4.04. The van der Waals surface area contributed by atoms with Crippen molar-refractivity contribution in [3.63, 3.8) is 0 Å². The predicted molar refractivity (Wildman–Crippen MR) is 80.3 cm³/mol. The van der Waals surface area contributed by atoms with Gasteiger partial charge in [0.05, 0.1) is 17.8 Å². The molecular weight excluding hydrogens is 296 g/mol. The lowest BCUT2D eigenvalue weighted by molar-refractivity contribution is -0.133. The molecule has 20 heavy (non-hydrogen) atoms. The number of carbonyl (C=O) groups is 1. The minimum atomic E-state index is -3.08. The van der Waals surface area contributed by atoms with Gasteiger partial charge in [0.1, 0.15) is 9.84 Å². The first-order valence-electron chi connectivity index (χ1n) is 6.65. The van der Waals surface area contributed by atoms with Crippen LogP contribution in [0.3, 0.4) is 0 Å². The second-order valence-corrected chi connectivity index (χ2v) is 8.47. The number of sulfone groups is 1. The number of rotatable bonds is 5. The fourth-order valence-electron chi connectivity index (χ4n) is 2.48. The highest BCUT2D eigenvalue weighted by molar-refractivity contribution is 7.90. The van der Waals surface area contributed by atoms with Gasteiger partial charge in [-0.15, -0.1) is 11.3 Å². The van der Waals surface area contributed by atoms with Gasteiger partial charge in [0, 0.05) is 17.7 Å². The van der Waals surface area contributed by atoms with Crippen LogP contribution in [0.1, 0.15) is 30.2 Å². The monoisotopic (exact) mass is 316 g/mol. The molecule has 7 heteroatoms. The number of likely N-dealkylation sites (tertiary alicyclic amines) is 1. The lowest BCUT2D eigenvalue weighted by atomic mass is 10.1. The standard InChI is InChI=1S/C13H20N2O3S2/c1-20(17,18)9-6-10(14)13(16)15-7-2-4-11(15)12-5-3-8-19-12/h3,5,8,10-11H,2,4,6-7,9,14H2,1H3. The second-order valence-electron chi connectivity index (χ2n) is 5.23. The molecule has 2 N–H and O–H groups in total. The first kappa shape index (κ1) is 15.5. The molecule has 0 radical (unpaired) electrons. The van der Waals surface area contributed by atoms with E-state index in [0.717, 1.165) is 19.1 Å². The van der Waals surface area contributed by atoms with E-state index in [2.05, 4.69) is 0 Å². The van der Waals surface area contributed by atoms with Crippen molar-refractivity contribution in [3.05, 3.63) is 22.4 Å². The molecule has 112 valence electrons. The lowest BCUT2D eigenvalue weighted by Gasteiger charge is -2.26. The minimum absolute atomic E-state index is 0.0442. The number of thiophene rings is 1. The Morgan fingerprint density at radius 1 is 1.60 bits per heavy atom. The summed E-state index contributed by atoms with van der Waals surface area (Å²) in [6.07, 6.45) is 3.26. The average Bonchev–Trinajstić information content (AvgIpc) is 3.03. The summed E-state index contributed by atoms with van der Waals surface area (Å²) in [4.78, 5) is 15.4. The average molecular weight is 316 g/mol. The molecule has 1 aliphatic heterocycles. The summed E-state index contributed by atoms with van der Waals surface area (Å²) in [7, 11) is -3.08. The highest BCUT2D eigenvalue weighted by Crippen LogP contribution is 2.34. The highest BCUT2D eigenvalue weighted by Gasteiger charge is 2.33. The number of hydrogen-bond donors (Lipinski definition) is 1. The van der Waals surface area contributed by atoms with Crippen molar-refractivity contribution in [1.29, 1.82) is 0 Å². The highest BCUT2D eigenvalue weighted by atomic mass is 32.2. The Kier molecular flexibility index (Phi) is 4.82. The normalized spacial score (nSPS) is 21.1. The van der Waals surface area contributed by atoms with E-state index in [1.807, 2.05) is 17.5 Å². The smallest absolute Gasteiger partial charge is 0.240 e. The van der Waals surface area contributed by atoms with Crippen molar-refractivity contribution in [2.75, 3.05) is 18.6 Å². The molecule has 0 aromatic carbocycles. The molecule has 1 amide bonds. The van der Waals surface area contributed by atoms with Crippen LogP contribution in [-0.4, -0.2) is 43.8 Å². The molecule has 0 saturated carbocycles. The van der Waals surface area contributed by atoms with Crippen LogP contribution in [0, 0.1) is 0 Å². The van der Waals surface area contributed by atoms with Gasteiger partial charge in [-0.1, -0.05) is 6.07 Å². The Balaban J connectivity index is 2.00. The van der Waals surface area contributed by atoms with Crippen molar-refractivity contribution in [2.24, 2.45) is 5.73 Å². The van der Waals surface area contributed by atoms with Crippen LogP contribution in [0.15, 0.2) is 17.5 Å². The molecule has 2 heterocycles. The Morgan fingerprint density at radius 3 is 2.95 bits per heavy atom. The fraction of sp³-hybridized carbons (Fsp3) is 0.615. The minimum Gasteiger partial charge on any atom is -0.333 e. The number of nitrogens with zero attached hydrogens (tertiary/aromatic N) is 1.